The van der Waals surface area contributed by atoms with Crippen molar-refractivity contribution in [1.29, 1.82) is 0 Å². The molecule has 7 heavy (non-hydrogen) atoms. The second-order valence-corrected chi connectivity index (χ2v) is 1.50. The predicted molar refractivity (Wildman–Crippen MR) is 26.3 cm³/mol. The summed E-state index contributed by atoms with van der Waals surface area (Å²) in [6, 6.07) is 0. The number of nitrogens with one attached hydrogen (secondary N) is 1. The summed E-state index contributed by atoms with van der Waals surface area (Å²) in [6.45, 7) is 1.91. The lowest BCUT2D eigenvalue weighted by Crippen LogP contribution is -2.20. The topological polar surface area (TPSA) is 66.9 Å². The van der Waals surface area contributed by atoms with Crippen molar-refractivity contribution in [2.24, 2.45) is 11.7 Å². The Morgan fingerprint density at radius 3 is 2.43 bits per heavy atom. The van der Waals surface area contributed by atoms with E-state index in [0.29, 0.717) is 0 Å². The number of amides is 1. The molecule has 3 nitrogen and oxygen atoms in total. The number of carbonyl (C=O) groups is 1. The van der Waals surface area contributed by atoms with Gasteiger partial charge in [0, 0.05) is 12.5 Å². The third kappa shape index (κ3) is 2.17. The lowest BCUT2D eigenvalue weighted by molar-refractivity contribution is -0.121. The minimum atomic E-state index is -0.581. The minimum absolute atomic E-state index is 0.280. The summed E-state index contributed by atoms with van der Waals surface area (Å²) in [5.41, 5.74) is 11.5. The number of hydrogen-bond donors (Lipinski definition) is 1. The van der Waals surface area contributed by atoms with Gasteiger partial charge in [-0.2, -0.15) is 0 Å². The molecule has 0 aliphatic heterocycles. The van der Waals surface area contributed by atoms with Crippen LogP contribution < -0.4 is 11.5 Å². The quantitative estimate of drug-likeness (QED) is 0.504. The van der Waals surface area contributed by atoms with Crippen LogP contribution in [0.4, 0.5) is 0 Å². The van der Waals surface area contributed by atoms with Crippen molar-refractivity contribution in [3.63, 3.8) is 0 Å². The van der Waals surface area contributed by atoms with E-state index < -0.39 is 5.91 Å². The van der Waals surface area contributed by atoms with Gasteiger partial charge in [0.25, 0.3) is 0 Å². The van der Waals surface area contributed by atoms with Crippen molar-refractivity contribution in [2.45, 2.75) is 6.92 Å². The fourth-order valence-corrected chi connectivity index (χ4v) is 0.107. The molecule has 0 aromatic heterocycles. The van der Waals surface area contributed by atoms with Crippen LogP contribution in [0.25, 0.3) is 0 Å². The molecule has 0 bridgehead atoms. The first kappa shape index (κ1) is 6.43. The highest BCUT2D eigenvalue weighted by Crippen LogP contribution is 1.86. The summed E-state index contributed by atoms with van der Waals surface area (Å²) in [6.07, 6.45) is 0. The lowest BCUT2D eigenvalue weighted by atomic mass is 10.2. The molecule has 1 atom stereocenters. The fraction of sp³-hybridized carbons (Fsp3) is 0.750. The van der Waals surface area contributed by atoms with E-state index in [4.69, 9.17) is 11.5 Å². The monoisotopic (exact) mass is 101 g/mol. The average Bonchev–Trinajstić information content (AvgIpc) is 1.65. The Bertz CT molecular complexity index is 72.1. The maximum absolute atomic E-state index is 9.96. The van der Waals surface area contributed by atoms with Crippen LogP contribution in [0.2, 0.25) is 0 Å². The molecular weight excluding hydrogens is 92.1 g/mol. The minimum Gasteiger partial charge on any atom is -0.330 e. The van der Waals surface area contributed by atoms with Gasteiger partial charge in [-0.1, -0.05) is 6.92 Å². The molecule has 0 heterocycles. The van der Waals surface area contributed by atoms with E-state index in [1.807, 2.05) is 0 Å². The summed E-state index contributed by atoms with van der Waals surface area (Å²) in [4.78, 5) is 9.96. The van der Waals surface area contributed by atoms with Gasteiger partial charge in [0.15, 0.2) is 0 Å². The molecular formula is C4H9N2O. The molecule has 0 saturated carbocycles. The molecule has 1 unspecified atom stereocenters. The van der Waals surface area contributed by atoms with E-state index >= 15 is 0 Å². The van der Waals surface area contributed by atoms with Crippen LogP contribution in [0.15, 0.2) is 0 Å². The zero-order valence-corrected chi connectivity index (χ0v) is 4.27. The molecule has 1 radical (unpaired) electrons. The van der Waals surface area contributed by atoms with E-state index in [2.05, 4.69) is 0 Å². The number of hydrogen-bond acceptors (Lipinski definition) is 2. The highest BCUT2D eigenvalue weighted by atomic mass is 16.1. The average molecular weight is 101 g/mol. The van der Waals surface area contributed by atoms with Gasteiger partial charge in [0.1, 0.15) is 0 Å². The predicted octanol–water partition coefficient (Wildman–Crippen LogP) is -0.609. The summed E-state index contributed by atoms with van der Waals surface area (Å²) in [7, 11) is 0. The second kappa shape index (κ2) is 2.58. The van der Waals surface area contributed by atoms with Gasteiger partial charge >= 0.3 is 0 Å². The summed E-state index contributed by atoms with van der Waals surface area (Å²) in [5, 5.41) is 0. The SMILES string of the molecule is CC(CN)C([NH])=O. The van der Waals surface area contributed by atoms with Crippen LogP contribution >= 0.6 is 0 Å². The van der Waals surface area contributed by atoms with Gasteiger partial charge in [-0.15, -0.1) is 0 Å². The Balaban J connectivity index is 3.34. The van der Waals surface area contributed by atoms with Crippen molar-refractivity contribution < 1.29 is 4.79 Å². The maximum Gasteiger partial charge on any atom is 0.242 e. The highest BCUT2D eigenvalue weighted by Gasteiger charge is 2.03. The number of rotatable bonds is 2. The molecule has 1 amide bonds. The van der Waals surface area contributed by atoms with Crippen LogP contribution in [0.1, 0.15) is 6.92 Å². The molecule has 0 aliphatic rings. The van der Waals surface area contributed by atoms with E-state index in [-0.39, 0.29) is 12.5 Å². The molecule has 0 fully saturated rings. The molecule has 0 spiro atoms. The normalized spacial score (nSPS) is 13.4. The molecule has 3 heteroatoms. The van der Waals surface area contributed by atoms with Gasteiger partial charge in [-0.3, -0.25) is 10.5 Å². The largest absolute Gasteiger partial charge is 0.330 e. The fourth-order valence-electron chi connectivity index (χ4n) is 0.107. The Kier molecular flexibility index (Phi) is 2.37. The van der Waals surface area contributed by atoms with E-state index in [1.54, 1.807) is 6.92 Å². The second-order valence-electron chi connectivity index (χ2n) is 1.50. The zero-order valence-electron chi connectivity index (χ0n) is 4.27. The number of carbonyl (C=O) groups excluding carboxylic acids is 1. The first-order valence-corrected chi connectivity index (χ1v) is 2.14. The molecule has 0 rings (SSSR count). The van der Waals surface area contributed by atoms with Crippen molar-refractivity contribution in [1.82, 2.24) is 5.73 Å². The van der Waals surface area contributed by atoms with Crippen molar-refractivity contribution in [3.05, 3.63) is 0 Å². The molecule has 3 N–H and O–H groups in total. The van der Waals surface area contributed by atoms with E-state index in [1.165, 1.54) is 0 Å². The lowest BCUT2D eigenvalue weighted by Gasteiger charge is -1.96. The van der Waals surface area contributed by atoms with Crippen LogP contribution in [0.3, 0.4) is 0 Å². The van der Waals surface area contributed by atoms with Gasteiger partial charge in [0.2, 0.25) is 5.91 Å². The molecule has 0 aromatic carbocycles. The Morgan fingerprint density at radius 1 is 2.00 bits per heavy atom. The van der Waals surface area contributed by atoms with Crippen molar-refractivity contribution in [2.75, 3.05) is 6.54 Å². The Labute approximate surface area is 42.7 Å². The van der Waals surface area contributed by atoms with Crippen molar-refractivity contribution in [3.8, 4) is 0 Å². The maximum atomic E-state index is 9.96. The Morgan fingerprint density at radius 2 is 2.43 bits per heavy atom. The Hall–Kier alpha value is -0.570. The van der Waals surface area contributed by atoms with E-state index in [9.17, 15) is 4.79 Å². The zero-order chi connectivity index (χ0) is 5.86. The van der Waals surface area contributed by atoms with Gasteiger partial charge < -0.3 is 5.73 Å². The third-order valence-electron chi connectivity index (χ3n) is 0.801. The van der Waals surface area contributed by atoms with Gasteiger partial charge in [0.05, 0.1) is 0 Å². The van der Waals surface area contributed by atoms with Crippen LogP contribution in [0.5, 0.6) is 0 Å². The van der Waals surface area contributed by atoms with Crippen LogP contribution in [0, 0.1) is 5.92 Å². The van der Waals surface area contributed by atoms with Crippen LogP contribution in [-0.2, 0) is 4.79 Å². The molecule has 0 saturated heterocycles. The highest BCUT2D eigenvalue weighted by molar-refractivity contribution is 5.75. The molecule has 0 aliphatic carbocycles. The van der Waals surface area contributed by atoms with E-state index in [0.717, 1.165) is 0 Å². The standard InChI is InChI=1S/C4H9N2O/c1-3(2-5)4(6)7/h3,6H,2,5H2,1H3. The summed E-state index contributed by atoms with van der Waals surface area (Å²) in [5.74, 6) is -0.873. The summed E-state index contributed by atoms with van der Waals surface area (Å²) < 4.78 is 0. The molecule has 41 valence electrons. The third-order valence-corrected chi connectivity index (χ3v) is 0.801. The first-order chi connectivity index (χ1) is 3.18. The van der Waals surface area contributed by atoms with Crippen molar-refractivity contribution >= 4 is 5.91 Å². The number of nitrogens with two attached hydrogens (primary N) is 1. The van der Waals surface area contributed by atoms with Gasteiger partial charge in [-0.25, -0.2) is 0 Å². The first-order valence-electron chi connectivity index (χ1n) is 2.14. The van der Waals surface area contributed by atoms with Crippen LogP contribution in [-0.4, -0.2) is 12.5 Å². The van der Waals surface area contributed by atoms with Gasteiger partial charge in [-0.05, 0) is 0 Å². The molecule has 0 aromatic rings. The smallest absolute Gasteiger partial charge is 0.242 e. The summed E-state index contributed by atoms with van der Waals surface area (Å²) >= 11 is 0.